The maximum Gasteiger partial charge on any atom is 0.130 e. The molecule has 0 aliphatic heterocycles. The van der Waals surface area contributed by atoms with Crippen LogP contribution < -0.4 is 5.32 Å². The van der Waals surface area contributed by atoms with Gasteiger partial charge in [0, 0.05) is 24.2 Å². The minimum atomic E-state index is -0.662. The van der Waals surface area contributed by atoms with E-state index in [1.807, 2.05) is 6.92 Å². The summed E-state index contributed by atoms with van der Waals surface area (Å²) in [6.45, 7) is 2.26. The van der Waals surface area contributed by atoms with E-state index in [1.165, 1.54) is 12.1 Å². The third-order valence-corrected chi connectivity index (χ3v) is 3.70. The maximum absolute atomic E-state index is 13.6. The van der Waals surface area contributed by atoms with Crippen molar-refractivity contribution in [1.82, 2.24) is 5.32 Å². The molecule has 1 aliphatic rings. The lowest BCUT2D eigenvalue weighted by Gasteiger charge is -2.25. The number of hydrogen-bond donors (Lipinski definition) is 2. The highest BCUT2D eigenvalue weighted by Gasteiger charge is 2.31. The summed E-state index contributed by atoms with van der Waals surface area (Å²) in [6.07, 6.45) is 3.66. The van der Waals surface area contributed by atoms with Crippen molar-refractivity contribution in [3.8, 4) is 0 Å². The number of hydrogen-bond acceptors (Lipinski definition) is 2. The molecule has 0 bridgehead atoms. The topological polar surface area (TPSA) is 32.3 Å². The third-order valence-electron chi connectivity index (χ3n) is 3.70. The van der Waals surface area contributed by atoms with E-state index in [2.05, 4.69) is 5.32 Å². The average Bonchev–Trinajstić information content (AvgIpc) is 2.74. The molecule has 100 valence electrons. The first-order chi connectivity index (χ1) is 8.50. The number of nitrogens with one attached hydrogen (secondary N) is 1. The number of aliphatic hydroxyl groups is 1. The lowest BCUT2D eigenvalue weighted by molar-refractivity contribution is 0.0452. The van der Waals surface area contributed by atoms with E-state index in [0.717, 1.165) is 31.7 Å². The van der Waals surface area contributed by atoms with Crippen molar-refractivity contribution in [3.63, 3.8) is 0 Å². The molecule has 1 fully saturated rings. The van der Waals surface area contributed by atoms with Crippen LogP contribution in [0.3, 0.4) is 0 Å². The van der Waals surface area contributed by atoms with Gasteiger partial charge in [0.2, 0.25) is 0 Å². The van der Waals surface area contributed by atoms with Crippen LogP contribution >= 0.6 is 0 Å². The molecule has 1 aromatic rings. The van der Waals surface area contributed by atoms with Gasteiger partial charge in [-0.05, 0) is 25.8 Å². The fourth-order valence-electron chi connectivity index (χ4n) is 2.52. The SMILES string of the molecule is CC(NCC1(O)CCCC1)c1ccc(F)cc1F. The molecule has 2 N–H and O–H groups in total. The molecule has 0 heterocycles. The van der Waals surface area contributed by atoms with Crippen molar-refractivity contribution in [2.45, 2.75) is 44.2 Å². The summed E-state index contributed by atoms with van der Waals surface area (Å²) in [5.74, 6) is -1.12. The van der Waals surface area contributed by atoms with Gasteiger partial charge >= 0.3 is 0 Å². The van der Waals surface area contributed by atoms with E-state index in [-0.39, 0.29) is 6.04 Å². The largest absolute Gasteiger partial charge is 0.389 e. The van der Waals surface area contributed by atoms with Crippen LogP contribution in [0.2, 0.25) is 0 Å². The lowest BCUT2D eigenvalue weighted by atomic mass is 10.0. The summed E-state index contributed by atoms with van der Waals surface area (Å²) in [6, 6.07) is 3.34. The van der Waals surface area contributed by atoms with Gasteiger partial charge in [-0.15, -0.1) is 0 Å². The smallest absolute Gasteiger partial charge is 0.130 e. The van der Waals surface area contributed by atoms with Gasteiger partial charge in [-0.3, -0.25) is 0 Å². The monoisotopic (exact) mass is 255 g/mol. The summed E-state index contributed by atoms with van der Waals surface area (Å²) >= 11 is 0. The Bertz CT molecular complexity index is 416. The van der Waals surface area contributed by atoms with Gasteiger partial charge in [0.1, 0.15) is 11.6 Å². The van der Waals surface area contributed by atoms with E-state index in [9.17, 15) is 13.9 Å². The standard InChI is InChI=1S/C14H19F2NO/c1-10(12-5-4-11(15)8-13(12)16)17-9-14(18)6-2-3-7-14/h4-5,8,10,17-18H,2-3,6-7,9H2,1H3. The Kier molecular flexibility index (Phi) is 3.97. The predicted molar refractivity (Wildman–Crippen MR) is 66.2 cm³/mol. The Morgan fingerprint density at radius 1 is 1.33 bits per heavy atom. The zero-order valence-corrected chi connectivity index (χ0v) is 10.5. The molecule has 1 atom stereocenters. The van der Waals surface area contributed by atoms with Gasteiger partial charge < -0.3 is 10.4 Å². The van der Waals surface area contributed by atoms with Gasteiger partial charge in [0.15, 0.2) is 0 Å². The summed E-state index contributed by atoms with van der Waals surface area (Å²) in [4.78, 5) is 0. The molecule has 0 amide bonds. The average molecular weight is 255 g/mol. The van der Waals surface area contributed by atoms with Crippen LogP contribution in [0.25, 0.3) is 0 Å². The normalized spacial score (nSPS) is 20.0. The molecule has 2 rings (SSSR count). The Morgan fingerprint density at radius 2 is 2.00 bits per heavy atom. The van der Waals surface area contributed by atoms with E-state index in [0.29, 0.717) is 12.1 Å². The second-order valence-corrected chi connectivity index (χ2v) is 5.20. The summed E-state index contributed by atoms with van der Waals surface area (Å²) in [7, 11) is 0. The van der Waals surface area contributed by atoms with Gasteiger partial charge in [0.25, 0.3) is 0 Å². The maximum atomic E-state index is 13.6. The molecule has 4 heteroatoms. The third kappa shape index (κ3) is 3.06. The van der Waals surface area contributed by atoms with Crippen LogP contribution in [0, 0.1) is 11.6 Å². The second-order valence-electron chi connectivity index (χ2n) is 5.20. The zero-order chi connectivity index (χ0) is 13.2. The molecule has 1 aliphatic carbocycles. The highest BCUT2D eigenvalue weighted by atomic mass is 19.1. The quantitative estimate of drug-likeness (QED) is 0.867. The van der Waals surface area contributed by atoms with Crippen LogP contribution in [-0.2, 0) is 0 Å². The van der Waals surface area contributed by atoms with Crippen molar-refractivity contribution in [2.24, 2.45) is 0 Å². The summed E-state index contributed by atoms with van der Waals surface area (Å²) < 4.78 is 26.4. The van der Waals surface area contributed by atoms with E-state index < -0.39 is 17.2 Å². The first-order valence-electron chi connectivity index (χ1n) is 6.41. The summed E-state index contributed by atoms with van der Waals surface area (Å²) in [5.41, 5.74) is -0.233. The van der Waals surface area contributed by atoms with Crippen molar-refractivity contribution < 1.29 is 13.9 Å². The molecule has 0 spiro atoms. The predicted octanol–water partition coefficient (Wildman–Crippen LogP) is 2.92. The van der Waals surface area contributed by atoms with Crippen LogP contribution in [0.4, 0.5) is 8.78 Å². The fraction of sp³-hybridized carbons (Fsp3) is 0.571. The zero-order valence-electron chi connectivity index (χ0n) is 10.5. The molecular formula is C14H19F2NO. The molecule has 0 radical (unpaired) electrons. The first-order valence-corrected chi connectivity index (χ1v) is 6.41. The van der Waals surface area contributed by atoms with E-state index in [1.54, 1.807) is 0 Å². The van der Waals surface area contributed by atoms with Gasteiger partial charge in [-0.2, -0.15) is 0 Å². The molecule has 1 aromatic carbocycles. The van der Waals surface area contributed by atoms with Crippen LogP contribution in [-0.4, -0.2) is 17.3 Å². The number of rotatable bonds is 4. The minimum absolute atomic E-state index is 0.241. The van der Waals surface area contributed by atoms with Crippen LogP contribution in [0.5, 0.6) is 0 Å². The number of benzene rings is 1. The second kappa shape index (κ2) is 5.33. The Morgan fingerprint density at radius 3 is 2.61 bits per heavy atom. The first kappa shape index (κ1) is 13.4. The van der Waals surface area contributed by atoms with Gasteiger partial charge in [-0.1, -0.05) is 18.9 Å². The lowest BCUT2D eigenvalue weighted by Crippen LogP contribution is -2.39. The van der Waals surface area contributed by atoms with Crippen LogP contribution in [0.1, 0.15) is 44.2 Å². The molecule has 0 saturated heterocycles. The van der Waals surface area contributed by atoms with Gasteiger partial charge in [-0.25, -0.2) is 8.78 Å². The van der Waals surface area contributed by atoms with Gasteiger partial charge in [0.05, 0.1) is 5.60 Å². The molecule has 1 saturated carbocycles. The molecule has 2 nitrogen and oxygen atoms in total. The highest BCUT2D eigenvalue weighted by molar-refractivity contribution is 5.21. The molecule has 0 aromatic heterocycles. The Balaban J connectivity index is 1.97. The molecule has 1 unspecified atom stereocenters. The number of halogens is 2. The fourth-order valence-corrected chi connectivity index (χ4v) is 2.52. The molecular weight excluding hydrogens is 236 g/mol. The Hall–Kier alpha value is -1.00. The van der Waals surface area contributed by atoms with Crippen molar-refractivity contribution >= 4 is 0 Å². The van der Waals surface area contributed by atoms with E-state index >= 15 is 0 Å². The van der Waals surface area contributed by atoms with Crippen molar-refractivity contribution in [1.29, 1.82) is 0 Å². The van der Waals surface area contributed by atoms with E-state index in [4.69, 9.17) is 0 Å². The van der Waals surface area contributed by atoms with Crippen molar-refractivity contribution in [3.05, 3.63) is 35.4 Å². The summed E-state index contributed by atoms with van der Waals surface area (Å²) in [5, 5.41) is 13.3. The minimum Gasteiger partial charge on any atom is -0.389 e. The van der Waals surface area contributed by atoms with Crippen LogP contribution in [0.15, 0.2) is 18.2 Å². The molecule has 18 heavy (non-hydrogen) atoms. The Labute approximate surface area is 106 Å². The highest BCUT2D eigenvalue weighted by Crippen LogP contribution is 2.29. The van der Waals surface area contributed by atoms with Crippen molar-refractivity contribution in [2.75, 3.05) is 6.54 Å².